The molecule has 0 aromatic carbocycles. The van der Waals surface area contributed by atoms with E-state index in [-0.39, 0.29) is 0 Å². The summed E-state index contributed by atoms with van der Waals surface area (Å²) in [6.45, 7) is 5.15. The second kappa shape index (κ2) is 7.12. The van der Waals surface area contributed by atoms with Gasteiger partial charge in [-0.05, 0) is 0 Å². The average Bonchev–Trinajstić information content (AvgIpc) is 2.19. The molecule has 1 aliphatic rings. The first-order valence-corrected chi connectivity index (χ1v) is 4.97. The molecule has 1 aliphatic heterocycles. The fourth-order valence-electron chi connectivity index (χ4n) is 1.13. The zero-order chi connectivity index (χ0) is 9.36. The normalized spacial score (nSPS) is 19.5. The van der Waals surface area contributed by atoms with Gasteiger partial charge in [-0.1, -0.05) is 5.16 Å². The van der Waals surface area contributed by atoms with Crippen LogP contribution in [-0.4, -0.2) is 56.4 Å². The van der Waals surface area contributed by atoms with Gasteiger partial charge in [-0.15, -0.1) is 11.6 Å². The van der Waals surface area contributed by atoms with Gasteiger partial charge in [0, 0.05) is 19.6 Å². The number of oxime groups is 1. The number of hydrogen-bond acceptors (Lipinski definition) is 4. The third-order valence-corrected chi connectivity index (χ3v) is 1.96. The van der Waals surface area contributed by atoms with E-state index in [0.29, 0.717) is 12.5 Å². The molecule has 1 saturated heterocycles. The minimum Gasteiger partial charge on any atom is -0.395 e. The van der Waals surface area contributed by atoms with Gasteiger partial charge in [-0.2, -0.15) is 0 Å². The molecule has 0 aromatic heterocycles. The van der Waals surface area contributed by atoms with Crippen LogP contribution in [0.1, 0.15) is 0 Å². The predicted molar refractivity (Wildman–Crippen MR) is 52.4 cm³/mol. The highest BCUT2D eigenvalue weighted by molar-refractivity contribution is 6.24. The fraction of sp³-hybridized carbons (Fsp3) is 0.875. The number of nitrogens with zero attached hydrogens (tertiary/aromatic N) is 2. The highest BCUT2D eigenvalue weighted by Gasteiger charge is 2.08. The summed E-state index contributed by atoms with van der Waals surface area (Å²) in [5.41, 5.74) is 0. The van der Waals surface area contributed by atoms with Crippen LogP contribution in [0.25, 0.3) is 0 Å². The third kappa shape index (κ3) is 5.08. The SMILES string of the molecule is ClC/C=N/OCCN1CCOCC1. The highest BCUT2D eigenvalue weighted by atomic mass is 35.5. The lowest BCUT2D eigenvalue weighted by molar-refractivity contribution is 0.0213. The van der Waals surface area contributed by atoms with Crippen LogP contribution in [0, 0.1) is 0 Å². The molecule has 0 atom stereocenters. The van der Waals surface area contributed by atoms with E-state index in [1.165, 1.54) is 0 Å². The minimum atomic E-state index is 0.400. The second-order valence-electron chi connectivity index (χ2n) is 2.73. The summed E-state index contributed by atoms with van der Waals surface area (Å²) in [4.78, 5) is 7.27. The van der Waals surface area contributed by atoms with Crippen LogP contribution in [0.3, 0.4) is 0 Å². The summed E-state index contributed by atoms with van der Waals surface area (Å²) in [7, 11) is 0. The van der Waals surface area contributed by atoms with Crippen molar-refractivity contribution >= 4 is 17.8 Å². The van der Waals surface area contributed by atoms with Gasteiger partial charge >= 0.3 is 0 Å². The lowest BCUT2D eigenvalue weighted by atomic mass is 10.4. The van der Waals surface area contributed by atoms with E-state index < -0.39 is 0 Å². The van der Waals surface area contributed by atoms with Gasteiger partial charge in [-0.25, -0.2) is 0 Å². The summed E-state index contributed by atoms with van der Waals surface area (Å²) < 4.78 is 5.22. The van der Waals surface area contributed by atoms with Crippen LogP contribution in [0.4, 0.5) is 0 Å². The first-order chi connectivity index (χ1) is 6.43. The van der Waals surface area contributed by atoms with Crippen molar-refractivity contribution in [3.63, 3.8) is 0 Å². The average molecular weight is 207 g/mol. The van der Waals surface area contributed by atoms with Crippen LogP contribution in [0.2, 0.25) is 0 Å². The molecule has 0 aromatic rings. The van der Waals surface area contributed by atoms with Gasteiger partial charge in [-0.3, -0.25) is 4.90 Å². The maximum atomic E-state index is 5.37. The van der Waals surface area contributed by atoms with Crippen molar-refractivity contribution in [3.05, 3.63) is 0 Å². The molecule has 0 bridgehead atoms. The first kappa shape index (κ1) is 10.8. The highest BCUT2D eigenvalue weighted by Crippen LogP contribution is 1.95. The van der Waals surface area contributed by atoms with Gasteiger partial charge in [0.1, 0.15) is 6.61 Å². The zero-order valence-corrected chi connectivity index (χ0v) is 8.37. The maximum absolute atomic E-state index is 5.37. The molecular formula is C8H15ClN2O2. The smallest absolute Gasteiger partial charge is 0.129 e. The monoisotopic (exact) mass is 206 g/mol. The van der Waals surface area contributed by atoms with E-state index in [4.69, 9.17) is 21.2 Å². The van der Waals surface area contributed by atoms with Crippen molar-refractivity contribution in [3.8, 4) is 0 Å². The maximum Gasteiger partial charge on any atom is 0.129 e. The summed E-state index contributed by atoms with van der Waals surface area (Å²) >= 11 is 5.37. The molecule has 1 rings (SSSR count). The van der Waals surface area contributed by atoms with Crippen LogP contribution in [0.5, 0.6) is 0 Å². The number of morpholine rings is 1. The Morgan fingerprint density at radius 1 is 1.46 bits per heavy atom. The van der Waals surface area contributed by atoms with E-state index in [1.54, 1.807) is 6.21 Å². The molecule has 0 saturated carbocycles. The number of hydrogen-bond donors (Lipinski definition) is 0. The van der Waals surface area contributed by atoms with Crippen LogP contribution in [-0.2, 0) is 9.57 Å². The van der Waals surface area contributed by atoms with Gasteiger partial charge in [0.25, 0.3) is 0 Å². The Kier molecular flexibility index (Phi) is 5.89. The molecule has 76 valence electrons. The molecule has 0 aliphatic carbocycles. The quantitative estimate of drug-likeness (QED) is 0.285. The number of ether oxygens (including phenoxy) is 1. The Labute approximate surface area is 83.4 Å². The fourth-order valence-corrected chi connectivity index (χ4v) is 1.18. The van der Waals surface area contributed by atoms with E-state index in [1.807, 2.05) is 0 Å². The Balaban J connectivity index is 1.95. The lowest BCUT2D eigenvalue weighted by Gasteiger charge is -2.25. The van der Waals surface area contributed by atoms with Crippen molar-refractivity contribution < 1.29 is 9.57 Å². The Hall–Kier alpha value is -0.320. The van der Waals surface area contributed by atoms with Crippen molar-refractivity contribution in [2.24, 2.45) is 5.16 Å². The first-order valence-electron chi connectivity index (χ1n) is 4.43. The molecule has 0 N–H and O–H groups in total. The summed E-state index contributed by atoms with van der Waals surface area (Å²) in [5.74, 6) is 0.400. The molecule has 5 heteroatoms. The van der Waals surface area contributed by atoms with Crippen LogP contribution in [0.15, 0.2) is 5.16 Å². The van der Waals surface area contributed by atoms with Crippen molar-refractivity contribution in [1.82, 2.24) is 4.90 Å². The number of alkyl halides is 1. The topological polar surface area (TPSA) is 34.1 Å². The summed E-state index contributed by atoms with van der Waals surface area (Å²) in [5, 5.41) is 3.66. The zero-order valence-electron chi connectivity index (χ0n) is 7.62. The van der Waals surface area contributed by atoms with E-state index in [2.05, 4.69) is 10.1 Å². The Bertz CT molecular complexity index is 149. The predicted octanol–water partition coefficient (Wildman–Crippen LogP) is 0.560. The van der Waals surface area contributed by atoms with Gasteiger partial charge in [0.2, 0.25) is 0 Å². The van der Waals surface area contributed by atoms with Crippen LogP contribution < -0.4 is 0 Å². The van der Waals surface area contributed by atoms with Gasteiger partial charge < -0.3 is 9.57 Å². The minimum absolute atomic E-state index is 0.400. The number of halogens is 1. The molecule has 0 radical (unpaired) electrons. The standard InChI is InChI=1S/C8H15ClN2O2/c9-1-2-10-13-8-5-11-3-6-12-7-4-11/h2H,1,3-8H2/b10-2+. The molecule has 1 fully saturated rings. The molecule has 13 heavy (non-hydrogen) atoms. The largest absolute Gasteiger partial charge is 0.395 e. The second-order valence-corrected chi connectivity index (χ2v) is 3.04. The molecule has 0 amide bonds. The van der Waals surface area contributed by atoms with Crippen molar-refractivity contribution in [2.75, 3.05) is 45.3 Å². The van der Waals surface area contributed by atoms with Gasteiger partial charge in [0.05, 0.1) is 25.3 Å². The molecular weight excluding hydrogens is 192 g/mol. The lowest BCUT2D eigenvalue weighted by Crippen LogP contribution is -2.38. The van der Waals surface area contributed by atoms with E-state index in [0.717, 1.165) is 32.8 Å². The Morgan fingerprint density at radius 2 is 2.23 bits per heavy atom. The summed E-state index contributed by atoms with van der Waals surface area (Å²) in [6.07, 6.45) is 1.54. The summed E-state index contributed by atoms with van der Waals surface area (Å²) in [6, 6.07) is 0. The molecule has 1 heterocycles. The van der Waals surface area contributed by atoms with E-state index >= 15 is 0 Å². The van der Waals surface area contributed by atoms with Crippen LogP contribution >= 0.6 is 11.6 Å². The molecule has 4 nitrogen and oxygen atoms in total. The van der Waals surface area contributed by atoms with E-state index in [9.17, 15) is 0 Å². The Morgan fingerprint density at radius 3 is 2.92 bits per heavy atom. The number of rotatable bonds is 5. The molecule has 0 spiro atoms. The van der Waals surface area contributed by atoms with Gasteiger partial charge in [0.15, 0.2) is 0 Å². The molecule has 0 unspecified atom stereocenters. The van der Waals surface area contributed by atoms with Crippen molar-refractivity contribution in [1.29, 1.82) is 0 Å². The van der Waals surface area contributed by atoms with Crippen molar-refractivity contribution in [2.45, 2.75) is 0 Å². The third-order valence-electron chi connectivity index (χ3n) is 1.82.